The maximum Gasteiger partial charge on any atom is 0.343 e. The predicted molar refractivity (Wildman–Crippen MR) is 238 cm³/mol. The summed E-state index contributed by atoms with van der Waals surface area (Å²) in [6, 6.07) is 6.54. The molecule has 348 valence electrons. The molecule has 5 aliphatic rings. The van der Waals surface area contributed by atoms with E-state index in [9.17, 15) is 29.4 Å². The first-order valence-electron chi connectivity index (χ1n) is 22.1. The van der Waals surface area contributed by atoms with Crippen LogP contribution < -0.4 is 14.8 Å². The number of likely N-dealkylation sites (tertiary alicyclic amines) is 1. The molecule has 0 unspecified atom stereocenters. The maximum absolute atomic E-state index is 15.2. The zero-order valence-electron chi connectivity index (χ0n) is 38.7. The van der Waals surface area contributed by atoms with Gasteiger partial charge in [-0.25, -0.2) is 4.79 Å². The summed E-state index contributed by atoms with van der Waals surface area (Å²) < 4.78 is 30.0. The van der Waals surface area contributed by atoms with Crippen LogP contribution in [0, 0.1) is 37.5 Å². The van der Waals surface area contributed by atoms with Crippen molar-refractivity contribution in [2.75, 3.05) is 20.2 Å². The van der Waals surface area contributed by atoms with E-state index < -0.39 is 94.6 Å². The van der Waals surface area contributed by atoms with E-state index in [2.05, 4.69) is 5.32 Å². The highest BCUT2D eigenvalue weighted by molar-refractivity contribution is 6.32. The summed E-state index contributed by atoms with van der Waals surface area (Å²) in [5.41, 5.74) is -0.233. The number of carbonyl (C=O) groups is 6. The van der Waals surface area contributed by atoms with Gasteiger partial charge in [-0.3, -0.25) is 24.0 Å². The molecule has 0 spiro atoms. The molecule has 1 fully saturated rings. The van der Waals surface area contributed by atoms with E-state index in [-0.39, 0.29) is 50.7 Å². The second-order valence-electron chi connectivity index (χ2n) is 17.8. The van der Waals surface area contributed by atoms with Crippen molar-refractivity contribution in [3.63, 3.8) is 0 Å². The molecule has 4 heterocycles. The quantitative estimate of drug-likeness (QED) is 0.224. The van der Waals surface area contributed by atoms with Gasteiger partial charge in [0, 0.05) is 68.9 Å². The number of aliphatic hydroxyl groups excluding tert-OH is 2. The fourth-order valence-electron chi connectivity index (χ4n) is 9.05. The van der Waals surface area contributed by atoms with Crippen LogP contribution >= 0.6 is 0 Å². The SMILES string of the molecule is CO[C@H]1/C=C\O[C@@]2(C)Oc3c(C)c(OC(=O)c4ccc(C)cc4)c4c(c3C2=O)C(=O)C(N2CCCCC2)=C(NC(=O)/C(C)=C\C=C/[C@H](C)[C@H](O)[C@@H](C)[C@H](O)[C@H](C)[C@H](OC(C)=O)[C@@H]1C)C4=O. The van der Waals surface area contributed by atoms with Crippen LogP contribution in [0.1, 0.15) is 120 Å². The van der Waals surface area contributed by atoms with E-state index in [4.69, 9.17) is 23.7 Å². The van der Waals surface area contributed by atoms with Gasteiger partial charge >= 0.3 is 17.7 Å². The Morgan fingerprint density at radius 2 is 1.51 bits per heavy atom. The number of amides is 1. The molecule has 1 saturated heterocycles. The molecule has 15 nitrogen and oxygen atoms in total. The number of benzene rings is 2. The fourth-order valence-corrected chi connectivity index (χ4v) is 9.05. The van der Waals surface area contributed by atoms with Crippen molar-refractivity contribution in [3.05, 3.63) is 105 Å². The number of hydrogen-bond donors (Lipinski definition) is 3. The first-order chi connectivity index (χ1) is 30.7. The molecule has 7 rings (SSSR count). The number of aliphatic hydroxyl groups is 2. The summed E-state index contributed by atoms with van der Waals surface area (Å²) in [4.78, 5) is 87.3. The molecular formula is C50H60N2O13. The number of rotatable bonds is 5. The third kappa shape index (κ3) is 9.59. The molecule has 0 radical (unpaired) electrons. The van der Waals surface area contributed by atoms with Gasteiger partial charge < -0.3 is 44.1 Å². The first kappa shape index (κ1) is 48.6. The van der Waals surface area contributed by atoms with Gasteiger partial charge in [0.15, 0.2) is 0 Å². The monoisotopic (exact) mass is 896 g/mol. The Bertz CT molecular complexity index is 2370. The lowest BCUT2D eigenvalue weighted by molar-refractivity contribution is -0.160. The standard InChI is InChI=1S/C50H60N2O13/c1-25-17-19-33(20-18-25)49(60)64-45-31(7)46-37-35-36(45)42(56)38(39(43(35)57)52-22-12-11-13-23-52)51-48(59)27(3)16-14-15-26(2)40(54)29(5)41(55)30(6)44(63-32(8)53)28(4)34(61-10)21-24-62-50(9,65-46)47(37)58/h14-21,24,26,28-30,34,40-41,44,54-55H,11-13,22-23H2,1-10H3,(H,51,59)/b15-14-,24-21-,27-16-/t26-,28+,29+,30-,34-,40-,41-,44+,50-/m0/s1. The van der Waals surface area contributed by atoms with E-state index >= 15 is 9.59 Å². The van der Waals surface area contributed by atoms with E-state index in [1.54, 1.807) is 69.0 Å². The molecule has 2 aromatic rings. The van der Waals surface area contributed by atoms with E-state index in [1.165, 1.54) is 53.2 Å². The lowest BCUT2D eigenvalue weighted by Crippen LogP contribution is -2.46. The van der Waals surface area contributed by atoms with Crippen molar-refractivity contribution in [1.82, 2.24) is 10.2 Å². The van der Waals surface area contributed by atoms with Crippen molar-refractivity contribution in [3.8, 4) is 11.5 Å². The number of fused-ring (bicyclic) bond motifs is 14. The summed E-state index contributed by atoms with van der Waals surface area (Å²) >= 11 is 0. The van der Waals surface area contributed by atoms with Gasteiger partial charge in [-0.2, -0.15) is 0 Å². The summed E-state index contributed by atoms with van der Waals surface area (Å²) in [6.07, 6.45) is 5.67. The van der Waals surface area contributed by atoms with Crippen molar-refractivity contribution < 1.29 is 62.7 Å². The number of ether oxygens (including phenoxy) is 5. The molecule has 0 saturated carbocycles. The van der Waals surface area contributed by atoms with Gasteiger partial charge in [0.05, 0.1) is 46.8 Å². The third-order valence-corrected chi connectivity index (χ3v) is 13.1. The second kappa shape index (κ2) is 19.7. The van der Waals surface area contributed by atoms with Crippen LogP contribution in [-0.4, -0.2) is 101 Å². The van der Waals surface area contributed by atoms with Crippen LogP contribution in [0.2, 0.25) is 0 Å². The Kier molecular flexibility index (Phi) is 14.7. The van der Waals surface area contributed by atoms with Gasteiger partial charge in [0.1, 0.15) is 29.0 Å². The minimum atomic E-state index is -2.13. The molecule has 3 N–H and O–H groups in total. The van der Waals surface area contributed by atoms with E-state index in [0.29, 0.717) is 25.9 Å². The van der Waals surface area contributed by atoms with E-state index in [0.717, 1.165) is 12.0 Å². The lowest BCUT2D eigenvalue weighted by atomic mass is 9.78. The largest absolute Gasteiger partial charge is 0.462 e. The molecule has 9 atom stereocenters. The number of Topliss-reactive ketones (excluding diaryl/α,β-unsaturated/α-hetero) is 3. The zero-order chi connectivity index (χ0) is 47.7. The highest BCUT2D eigenvalue weighted by Crippen LogP contribution is 2.50. The number of hydrogen-bond acceptors (Lipinski definition) is 14. The average molecular weight is 897 g/mol. The molecule has 5 bridgehead atoms. The molecule has 15 heteroatoms. The minimum Gasteiger partial charge on any atom is -0.462 e. The van der Waals surface area contributed by atoms with Gasteiger partial charge in [-0.05, 0) is 58.2 Å². The summed E-state index contributed by atoms with van der Waals surface area (Å²) in [5.74, 6) is -9.77. The summed E-state index contributed by atoms with van der Waals surface area (Å²) in [7, 11) is 1.43. The van der Waals surface area contributed by atoms with Crippen molar-refractivity contribution in [2.24, 2.45) is 23.7 Å². The zero-order valence-corrected chi connectivity index (χ0v) is 38.7. The Labute approximate surface area is 379 Å². The highest BCUT2D eigenvalue weighted by atomic mass is 16.7. The minimum absolute atomic E-state index is 0.0505. The van der Waals surface area contributed by atoms with E-state index in [1.807, 2.05) is 6.92 Å². The normalized spacial score (nSPS) is 30.7. The number of ketones is 3. The number of allylic oxidation sites excluding steroid dienone is 4. The number of carbonyl (C=O) groups excluding carboxylic acids is 6. The second-order valence-corrected chi connectivity index (χ2v) is 17.8. The molecule has 2 aromatic carbocycles. The molecule has 4 aliphatic heterocycles. The van der Waals surface area contributed by atoms with Crippen LogP contribution in [0.15, 0.2) is 71.8 Å². The number of methoxy groups -OCH3 is 1. The van der Waals surface area contributed by atoms with Crippen molar-refractivity contribution >= 4 is 35.2 Å². The maximum atomic E-state index is 15.2. The van der Waals surface area contributed by atoms with Gasteiger partial charge in [-0.1, -0.05) is 63.6 Å². The Balaban J connectivity index is 1.55. The molecule has 0 aromatic heterocycles. The fraction of sp³-hybridized carbons (Fsp3) is 0.480. The number of nitrogens with one attached hydrogen (secondary N) is 1. The molecular weight excluding hydrogens is 837 g/mol. The first-order valence-corrected chi connectivity index (χ1v) is 22.1. The number of aryl methyl sites for hydroxylation is 1. The Hall–Kier alpha value is -5.90. The highest BCUT2D eigenvalue weighted by Gasteiger charge is 2.53. The van der Waals surface area contributed by atoms with Crippen LogP contribution in [-0.2, 0) is 23.8 Å². The molecule has 1 aliphatic carbocycles. The number of nitrogens with zero attached hydrogens (tertiary/aromatic N) is 1. The number of piperidine rings is 1. The van der Waals surface area contributed by atoms with Crippen LogP contribution in [0.5, 0.6) is 11.5 Å². The lowest BCUT2D eigenvalue weighted by Gasteiger charge is -2.38. The van der Waals surface area contributed by atoms with Gasteiger partial charge in [-0.15, -0.1) is 0 Å². The van der Waals surface area contributed by atoms with Crippen molar-refractivity contribution in [1.29, 1.82) is 0 Å². The van der Waals surface area contributed by atoms with Crippen LogP contribution in [0.3, 0.4) is 0 Å². The molecule has 65 heavy (non-hydrogen) atoms. The Morgan fingerprint density at radius 3 is 2.14 bits per heavy atom. The van der Waals surface area contributed by atoms with Gasteiger partial charge in [0.2, 0.25) is 11.6 Å². The summed E-state index contributed by atoms with van der Waals surface area (Å²) in [5, 5.41) is 25.7. The third-order valence-electron chi connectivity index (χ3n) is 13.1. The predicted octanol–water partition coefficient (Wildman–Crippen LogP) is 6.27. The summed E-state index contributed by atoms with van der Waals surface area (Å²) in [6.45, 7) is 15.1. The van der Waals surface area contributed by atoms with Gasteiger partial charge in [0.25, 0.3) is 11.7 Å². The topological polar surface area (TPSA) is 204 Å². The Morgan fingerprint density at radius 1 is 0.846 bits per heavy atom. The van der Waals surface area contributed by atoms with Crippen LogP contribution in [0.4, 0.5) is 0 Å². The smallest absolute Gasteiger partial charge is 0.343 e. The van der Waals surface area contributed by atoms with Crippen molar-refractivity contribution in [2.45, 2.75) is 112 Å². The number of esters is 2. The van der Waals surface area contributed by atoms with Crippen LogP contribution in [0.25, 0.3) is 0 Å². The molecule has 1 amide bonds. The average Bonchev–Trinajstić information content (AvgIpc) is 3.54.